The number of hydrogen-bond acceptors (Lipinski definition) is 4. The van der Waals surface area contributed by atoms with Crippen molar-refractivity contribution in [3.05, 3.63) is 47.5 Å². The lowest BCUT2D eigenvalue weighted by atomic mass is 10.0. The van der Waals surface area contributed by atoms with E-state index in [-0.39, 0.29) is 5.76 Å². The van der Waals surface area contributed by atoms with Crippen LogP contribution in [-0.2, 0) is 19.0 Å². The highest BCUT2D eigenvalue weighted by molar-refractivity contribution is 5.70. The number of methoxy groups -OCH3 is 1. The van der Waals surface area contributed by atoms with Crippen molar-refractivity contribution in [1.29, 1.82) is 0 Å². The van der Waals surface area contributed by atoms with Crippen LogP contribution in [0.4, 0.5) is 0 Å². The van der Waals surface area contributed by atoms with Crippen molar-refractivity contribution in [2.24, 2.45) is 0 Å². The molecule has 0 aromatic heterocycles. The smallest absolute Gasteiger partial charge is 0.201 e. The lowest BCUT2D eigenvalue weighted by Gasteiger charge is -2.19. The van der Waals surface area contributed by atoms with Crippen LogP contribution in [0.15, 0.2) is 47.5 Å². The fraction of sp³-hybridized carbons (Fsp3) is 0.250. The Labute approximate surface area is 93.5 Å². The van der Waals surface area contributed by atoms with E-state index in [0.717, 1.165) is 24.2 Å². The topological polar surface area (TPSA) is 44.8 Å². The van der Waals surface area contributed by atoms with Gasteiger partial charge in [0.25, 0.3) is 0 Å². The van der Waals surface area contributed by atoms with Gasteiger partial charge in [-0.2, -0.15) is 0 Å². The molecule has 0 saturated heterocycles. The third-order valence-electron chi connectivity index (χ3n) is 2.37. The second kappa shape index (κ2) is 4.70. The highest BCUT2D eigenvalue weighted by Gasteiger charge is 2.18. The van der Waals surface area contributed by atoms with Crippen molar-refractivity contribution >= 4 is 6.29 Å². The van der Waals surface area contributed by atoms with Gasteiger partial charge in [0.15, 0.2) is 12.0 Å². The zero-order valence-corrected chi connectivity index (χ0v) is 8.93. The third kappa shape index (κ3) is 2.00. The summed E-state index contributed by atoms with van der Waals surface area (Å²) in [6.07, 6.45) is 9.03. The molecule has 0 amide bonds. The first-order chi connectivity index (χ1) is 7.85. The van der Waals surface area contributed by atoms with Gasteiger partial charge in [0, 0.05) is 5.57 Å². The van der Waals surface area contributed by atoms with Crippen LogP contribution in [0.5, 0.6) is 0 Å². The minimum atomic E-state index is 0.162. The highest BCUT2D eigenvalue weighted by atomic mass is 16.5. The Morgan fingerprint density at radius 1 is 1.38 bits per heavy atom. The molecule has 0 radical (unpaired) electrons. The third-order valence-corrected chi connectivity index (χ3v) is 2.37. The normalized spacial score (nSPS) is 19.3. The van der Waals surface area contributed by atoms with Crippen molar-refractivity contribution < 1.29 is 19.0 Å². The maximum atomic E-state index is 10.4. The first kappa shape index (κ1) is 10.5. The van der Waals surface area contributed by atoms with Crippen molar-refractivity contribution in [2.75, 3.05) is 7.11 Å². The van der Waals surface area contributed by atoms with Crippen molar-refractivity contribution in [3.8, 4) is 0 Å². The molecule has 2 rings (SSSR count). The summed E-state index contributed by atoms with van der Waals surface area (Å²) in [5.41, 5.74) is 0.950. The number of rotatable bonds is 3. The molecule has 1 heterocycles. The molecule has 4 heteroatoms. The molecule has 0 atom stereocenters. The Balaban J connectivity index is 2.20. The summed E-state index contributed by atoms with van der Waals surface area (Å²) in [5, 5.41) is 0. The van der Waals surface area contributed by atoms with Gasteiger partial charge >= 0.3 is 0 Å². The molecule has 0 spiro atoms. The van der Waals surface area contributed by atoms with Gasteiger partial charge in [-0.1, -0.05) is 6.08 Å². The molecule has 0 bridgehead atoms. The van der Waals surface area contributed by atoms with E-state index in [2.05, 4.69) is 0 Å². The maximum Gasteiger partial charge on any atom is 0.201 e. The lowest BCUT2D eigenvalue weighted by Crippen LogP contribution is -2.06. The van der Waals surface area contributed by atoms with E-state index in [1.807, 2.05) is 12.2 Å². The van der Waals surface area contributed by atoms with Crippen LogP contribution >= 0.6 is 0 Å². The number of aldehydes is 1. The molecule has 1 aliphatic carbocycles. The summed E-state index contributed by atoms with van der Waals surface area (Å²) < 4.78 is 15.6. The highest BCUT2D eigenvalue weighted by Crippen LogP contribution is 2.28. The Kier molecular flexibility index (Phi) is 3.10. The predicted octanol–water partition coefficient (Wildman–Crippen LogP) is 2.17. The van der Waals surface area contributed by atoms with Gasteiger partial charge in [-0.15, -0.1) is 0 Å². The molecule has 1 aliphatic heterocycles. The van der Waals surface area contributed by atoms with Crippen molar-refractivity contribution in [3.63, 3.8) is 0 Å². The minimum absolute atomic E-state index is 0.162. The number of ether oxygens (including phenoxy) is 3. The van der Waals surface area contributed by atoms with Gasteiger partial charge in [0.1, 0.15) is 18.3 Å². The minimum Gasteiger partial charge on any atom is -0.496 e. The van der Waals surface area contributed by atoms with Crippen LogP contribution in [0.3, 0.4) is 0 Å². The molecule has 84 valence electrons. The molecule has 2 aliphatic rings. The first-order valence-corrected chi connectivity index (χ1v) is 4.98. The van der Waals surface area contributed by atoms with Gasteiger partial charge < -0.3 is 14.2 Å². The van der Waals surface area contributed by atoms with Crippen LogP contribution in [0.1, 0.15) is 12.8 Å². The standard InChI is InChI=1S/C12H12O4/c1-14-11-5-3-2-4-10(11)12-8-15-9(6-13)7-16-12/h3,5-8H,2,4H2,1H3. The molecule has 16 heavy (non-hydrogen) atoms. The van der Waals surface area contributed by atoms with Crippen molar-refractivity contribution in [2.45, 2.75) is 12.8 Å². The molecular weight excluding hydrogens is 208 g/mol. The zero-order chi connectivity index (χ0) is 11.4. The van der Waals surface area contributed by atoms with E-state index >= 15 is 0 Å². The predicted molar refractivity (Wildman–Crippen MR) is 56.8 cm³/mol. The van der Waals surface area contributed by atoms with Gasteiger partial charge in [0.2, 0.25) is 5.76 Å². The summed E-state index contributed by atoms with van der Waals surface area (Å²) in [7, 11) is 1.61. The summed E-state index contributed by atoms with van der Waals surface area (Å²) in [6.45, 7) is 0. The van der Waals surface area contributed by atoms with Gasteiger partial charge in [-0.25, -0.2) is 0 Å². The van der Waals surface area contributed by atoms with Gasteiger partial charge in [-0.05, 0) is 18.9 Å². The van der Waals surface area contributed by atoms with Gasteiger partial charge in [0.05, 0.1) is 7.11 Å². The summed E-state index contributed by atoms with van der Waals surface area (Å²) in [6, 6.07) is 0. The van der Waals surface area contributed by atoms with E-state index < -0.39 is 0 Å². The Hall–Kier alpha value is -1.97. The summed E-state index contributed by atoms with van der Waals surface area (Å²) in [5.74, 6) is 1.52. The molecule has 0 saturated carbocycles. The summed E-state index contributed by atoms with van der Waals surface area (Å²) >= 11 is 0. The molecule has 0 unspecified atom stereocenters. The second-order valence-corrected chi connectivity index (χ2v) is 3.34. The largest absolute Gasteiger partial charge is 0.496 e. The quantitative estimate of drug-likeness (QED) is 0.684. The van der Waals surface area contributed by atoms with Gasteiger partial charge in [-0.3, -0.25) is 4.79 Å². The molecular formula is C12H12O4. The lowest BCUT2D eigenvalue weighted by molar-refractivity contribution is -0.107. The van der Waals surface area contributed by atoms with E-state index in [4.69, 9.17) is 14.2 Å². The van der Waals surface area contributed by atoms with Crippen LogP contribution in [0, 0.1) is 0 Å². The Morgan fingerprint density at radius 3 is 2.88 bits per heavy atom. The first-order valence-electron chi connectivity index (χ1n) is 4.98. The molecule has 4 nitrogen and oxygen atoms in total. The van der Waals surface area contributed by atoms with E-state index in [1.54, 1.807) is 7.11 Å². The average molecular weight is 220 g/mol. The number of carbonyl (C=O) groups is 1. The number of carbonyl (C=O) groups excluding carboxylic acids is 1. The molecule has 0 fully saturated rings. The average Bonchev–Trinajstić information content (AvgIpc) is 2.39. The summed E-state index contributed by atoms with van der Waals surface area (Å²) in [4.78, 5) is 10.4. The Morgan fingerprint density at radius 2 is 2.25 bits per heavy atom. The van der Waals surface area contributed by atoms with Crippen LogP contribution in [0.2, 0.25) is 0 Å². The SMILES string of the molecule is COC1=C(C2=COC(C=O)=CO2)CCC=C1. The van der Waals surface area contributed by atoms with E-state index in [9.17, 15) is 4.79 Å². The zero-order valence-electron chi connectivity index (χ0n) is 8.93. The number of allylic oxidation sites excluding steroid dienone is 4. The maximum absolute atomic E-state index is 10.4. The van der Waals surface area contributed by atoms with Crippen molar-refractivity contribution in [1.82, 2.24) is 0 Å². The second-order valence-electron chi connectivity index (χ2n) is 3.34. The monoisotopic (exact) mass is 220 g/mol. The molecule has 0 aromatic rings. The van der Waals surface area contributed by atoms with E-state index in [1.165, 1.54) is 12.5 Å². The fourth-order valence-electron chi connectivity index (χ4n) is 1.57. The van der Waals surface area contributed by atoms with Crippen LogP contribution < -0.4 is 0 Å². The number of hydrogen-bond donors (Lipinski definition) is 0. The Bertz CT molecular complexity index is 413. The van der Waals surface area contributed by atoms with E-state index in [0.29, 0.717) is 12.0 Å². The van der Waals surface area contributed by atoms with Crippen LogP contribution in [0.25, 0.3) is 0 Å². The fourth-order valence-corrected chi connectivity index (χ4v) is 1.57. The molecule has 0 aromatic carbocycles. The van der Waals surface area contributed by atoms with Crippen LogP contribution in [-0.4, -0.2) is 13.4 Å². The molecule has 0 N–H and O–H groups in total.